The minimum Gasteiger partial charge on any atom is -0.489 e. The van der Waals surface area contributed by atoms with E-state index in [1.54, 1.807) is 26.0 Å². The lowest BCUT2D eigenvalue weighted by molar-refractivity contribution is -0.137. The molecule has 0 aliphatic heterocycles. The molecule has 2 N–H and O–H groups in total. The zero-order valence-corrected chi connectivity index (χ0v) is 19.1. The van der Waals surface area contributed by atoms with Gasteiger partial charge in [-0.1, -0.05) is 36.4 Å². The molecule has 1 amide bonds. The van der Waals surface area contributed by atoms with Gasteiger partial charge < -0.3 is 15.4 Å². The molecular weight excluding hydrogens is 441 g/mol. The van der Waals surface area contributed by atoms with Crippen molar-refractivity contribution >= 4 is 17.3 Å². The first kappa shape index (κ1) is 23.7. The number of nitrogens with one attached hydrogen (secondary N) is 2. The predicted molar refractivity (Wildman–Crippen MR) is 127 cm³/mol. The molecule has 4 nitrogen and oxygen atoms in total. The number of rotatable bonds is 8. The monoisotopic (exact) mass is 468 g/mol. The summed E-state index contributed by atoms with van der Waals surface area (Å²) < 4.78 is 47.2. The molecule has 7 heteroatoms. The van der Waals surface area contributed by atoms with Crippen LogP contribution in [0.1, 0.15) is 59.7 Å². The molecule has 4 rings (SSSR count). The Hall–Kier alpha value is -3.48. The third-order valence-corrected chi connectivity index (χ3v) is 5.57. The number of hydrogen-bond donors (Lipinski definition) is 2. The Morgan fingerprint density at radius 1 is 1.00 bits per heavy atom. The normalized spacial score (nSPS) is 13.6. The first-order chi connectivity index (χ1) is 16.2. The molecule has 1 fully saturated rings. The van der Waals surface area contributed by atoms with Gasteiger partial charge in [0.25, 0.3) is 5.91 Å². The molecule has 3 aromatic carbocycles. The van der Waals surface area contributed by atoms with E-state index in [0.717, 1.165) is 30.0 Å². The van der Waals surface area contributed by atoms with E-state index in [0.29, 0.717) is 24.0 Å². The topological polar surface area (TPSA) is 50.4 Å². The van der Waals surface area contributed by atoms with Crippen LogP contribution in [0.5, 0.6) is 5.75 Å². The van der Waals surface area contributed by atoms with Crippen LogP contribution in [0.15, 0.2) is 66.7 Å². The standard InChI is InChI=1S/C27H27F3N2O2/c1-17(2)31-26(33)25-22(27(28,29)30)9-6-10-24(25)32-23-14-13-20(15-21(23)19-11-12-19)34-16-18-7-4-3-5-8-18/h3-10,13-15,17,19,32H,11-12,16H2,1-2H3,(H,31,33). The Labute approximate surface area is 197 Å². The highest BCUT2D eigenvalue weighted by atomic mass is 19.4. The van der Waals surface area contributed by atoms with Crippen molar-refractivity contribution in [3.05, 3.63) is 89.0 Å². The zero-order chi connectivity index (χ0) is 24.3. The summed E-state index contributed by atoms with van der Waals surface area (Å²) in [7, 11) is 0. The van der Waals surface area contributed by atoms with Gasteiger partial charge in [-0.3, -0.25) is 4.79 Å². The lowest BCUT2D eigenvalue weighted by atomic mass is 10.0. The van der Waals surface area contributed by atoms with Crippen LogP contribution in [0.4, 0.5) is 24.5 Å². The highest BCUT2D eigenvalue weighted by molar-refractivity contribution is 6.02. The van der Waals surface area contributed by atoms with Gasteiger partial charge in [-0.25, -0.2) is 0 Å². The summed E-state index contributed by atoms with van der Waals surface area (Å²) in [5, 5.41) is 5.70. The molecule has 1 aliphatic rings. The number of carbonyl (C=O) groups is 1. The van der Waals surface area contributed by atoms with Crippen LogP contribution in [0.2, 0.25) is 0 Å². The SMILES string of the molecule is CC(C)NC(=O)c1c(Nc2ccc(OCc3ccccc3)cc2C2CC2)cccc1C(F)(F)F. The molecule has 1 aliphatic carbocycles. The average Bonchev–Trinajstić information content (AvgIpc) is 3.63. The predicted octanol–water partition coefficient (Wildman–Crippen LogP) is 7.04. The van der Waals surface area contributed by atoms with Gasteiger partial charge in [0.1, 0.15) is 12.4 Å². The van der Waals surface area contributed by atoms with Crippen LogP contribution in [0, 0.1) is 0 Å². The summed E-state index contributed by atoms with van der Waals surface area (Å²) in [5.41, 5.74) is 1.43. The third-order valence-electron chi connectivity index (χ3n) is 5.57. The molecule has 0 radical (unpaired) electrons. The van der Waals surface area contributed by atoms with Gasteiger partial charge in [0.2, 0.25) is 0 Å². The van der Waals surface area contributed by atoms with E-state index in [4.69, 9.17) is 4.74 Å². The van der Waals surface area contributed by atoms with Crippen LogP contribution in [-0.4, -0.2) is 11.9 Å². The van der Waals surface area contributed by atoms with Gasteiger partial charge in [0.05, 0.1) is 16.8 Å². The summed E-state index contributed by atoms with van der Waals surface area (Å²) in [6.07, 6.45) is -2.66. The van der Waals surface area contributed by atoms with Crippen molar-refractivity contribution in [2.45, 2.75) is 51.4 Å². The molecule has 0 aromatic heterocycles. The fourth-order valence-electron chi connectivity index (χ4n) is 3.83. The van der Waals surface area contributed by atoms with Gasteiger partial charge in [-0.15, -0.1) is 0 Å². The highest BCUT2D eigenvalue weighted by Crippen LogP contribution is 2.46. The van der Waals surface area contributed by atoms with E-state index in [-0.39, 0.29) is 11.7 Å². The lowest BCUT2D eigenvalue weighted by Crippen LogP contribution is -2.32. The van der Waals surface area contributed by atoms with Crippen molar-refractivity contribution in [3.8, 4) is 5.75 Å². The number of anilines is 2. The van der Waals surface area contributed by atoms with E-state index in [9.17, 15) is 18.0 Å². The summed E-state index contributed by atoms with van der Waals surface area (Å²) in [6, 6.07) is 18.8. The molecule has 0 atom stereocenters. The molecule has 1 saturated carbocycles. The maximum Gasteiger partial charge on any atom is 0.417 e. The fraction of sp³-hybridized carbons (Fsp3) is 0.296. The van der Waals surface area contributed by atoms with E-state index < -0.39 is 23.2 Å². The molecule has 0 saturated heterocycles. The minimum atomic E-state index is -4.66. The van der Waals surface area contributed by atoms with Gasteiger partial charge in [0.15, 0.2) is 0 Å². The second kappa shape index (κ2) is 9.79. The van der Waals surface area contributed by atoms with Crippen LogP contribution >= 0.6 is 0 Å². The number of halogens is 3. The van der Waals surface area contributed by atoms with Crippen molar-refractivity contribution in [1.29, 1.82) is 0 Å². The summed E-state index contributed by atoms with van der Waals surface area (Å²) in [5.74, 6) is 0.237. The van der Waals surface area contributed by atoms with E-state index in [1.165, 1.54) is 12.1 Å². The van der Waals surface area contributed by atoms with Crippen molar-refractivity contribution < 1.29 is 22.7 Å². The van der Waals surface area contributed by atoms with Gasteiger partial charge in [-0.2, -0.15) is 13.2 Å². The molecular formula is C27H27F3N2O2. The molecule has 3 aromatic rings. The van der Waals surface area contributed by atoms with Crippen molar-refractivity contribution in [2.24, 2.45) is 0 Å². The van der Waals surface area contributed by atoms with Gasteiger partial charge >= 0.3 is 6.18 Å². The number of amides is 1. The molecule has 0 heterocycles. The molecule has 178 valence electrons. The minimum absolute atomic E-state index is 0.118. The average molecular weight is 469 g/mol. The van der Waals surface area contributed by atoms with Crippen LogP contribution < -0.4 is 15.4 Å². The Balaban J connectivity index is 1.65. The number of benzene rings is 3. The lowest BCUT2D eigenvalue weighted by Gasteiger charge is -2.20. The fourth-order valence-corrected chi connectivity index (χ4v) is 3.83. The molecule has 0 bridgehead atoms. The Morgan fingerprint density at radius 2 is 1.74 bits per heavy atom. The Kier molecular flexibility index (Phi) is 6.82. The van der Waals surface area contributed by atoms with Crippen LogP contribution in [-0.2, 0) is 12.8 Å². The summed E-state index contributed by atoms with van der Waals surface area (Å²) >= 11 is 0. The number of carbonyl (C=O) groups excluding carboxylic acids is 1. The second-order valence-corrected chi connectivity index (χ2v) is 8.78. The van der Waals surface area contributed by atoms with Crippen LogP contribution in [0.25, 0.3) is 0 Å². The summed E-state index contributed by atoms with van der Waals surface area (Å²) in [4.78, 5) is 12.8. The molecule has 0 spiro atoms. The van der Waals surface area contributed by atoms with Crippen molar-refractivity contribution in [1.82, 2.24) is 5.32 Å². The number of alkyl halides is 3. The van der Waals surface area contributed by atoms with Crippen LogP contribution in [0.3, 0.4) is 0 Å². The number of hydrogen-bond acceptors (Lipinski definition) is 3. The second-order valence-electron chi connectivity index (χ2n) is 8.78. The summed E-state index contributed by atoms with van der Waals surface area (Å²) in [6.45, 7) is 3.84. The maximum absolute atomic E-state index is 13.7. The number of ether oxygens (including phenoxy) is 1. The third kappa shape index (κ3) is 5.71. The Bertz CT molecular complexity index is 1160. The first-order valence-electron chi connectivity index (χ1n) is 11.3. The van der Waals surface area contributed by atoms with Gasteiger partial charge in [0, 0.05) is 11.7 Å². The van der Waals surface area contributed by atoms with E-state index >= 15 is 0 Å². The quantitative estimate of drug-likeness (QED) is 0.373. The van der Waals surface area contributed by atoms with Crippen molar-refractivity contribution in [2.75, 3.05) is 5.32 Å². The maximum atomic E-state index is 13.7. The highest BCUT2D eigenvalue weighted by Gasteiger charge is 2.37. The Morgan fingerprint density at radius 3 is 2.38 bits per heavy atom. The molecule has 34 heavy (non-hydrogen) atoms. The smallest absolute Gasteiger partial charge is 0.417 e. The van der Waals surface area contributed by atoms with Crippen molar-refractivity contribution in [3.63, 3.8) is 0 Å². The largest absolute Gasteiger partial charge is 0.489 e. The van der Waals surface area contributed by atoms with E-state index in [2.05, 4.69) is 10.6 Å². The first-order valence-corrected chi connectivity index (χ1v) is 11.3. The zero-order valence-electron chi connectivity index (χ0n) is 19.1. The molecule has 0 unspecified atom stereocenters. The van der Waals surface area contributed by atoms with Gasteiger partial charge in [-0.05, 0) is 74.1 Å². The van der Waals surface area contributed by atoms with E-state index in [1.807, 2.05) is 36.4 Å².